The number of amides is 1. The first-order chi connectivity index (χ1) is 20.1. The lowest BCUT2D eigenvalue weighted by molar-refractivity contribution is -0.126. The molecule has 6 rings (SSSR count). The number of anilines is 1. The molecule has 0 N–H and O–H groups in total. The molecule has 4 aromatic rings. The number of carbonyl (C=O) groups excluding carboxylic acids is 1. The molecule has 216 valence electrons. The molecule has 5 heterocycles. The van der Waals surface area contributed by atoms with Crippen LogP contribution in [-0.4, -0.2) is 62.6 Å². The van der Waals surface area contributed by atoms with E-state index in [2.05, 4.69) is 16.5 Å². The number of piperazine rings is 1. The van der Waals surface area contributed by atoms with Gasteiger partial charge >= 0.3 is 5.69 Å². The van der Waals surface area contributed by atoms with Crippen molar-refractivity contribution in [3.05, 3.63) is 80.7 Å². The molecule has 0 aliphatic carbocycles. The molecule has 0 saturated carbocycles. The average Bonchev–Trinajstić information content (AvgIpc) is 3.12. The summed E-state index contributed by atoms with van der Waals surface area (Å²) in [6.07, 6.45) is 2.96. The first kappa shape index (κ1) is 28.1. The van der Waals surface area contributed by atoms with Crippen LogP contribution in [0.4, 0.5) is 10.2 Å². The molecule has 2 aliphatic heterocycles. The van der Waals surface area contributed by atoms with Crippen LogP contribution in [0.1, 0.15) is 31.0 Å². The van der Waals surface area contributed by atoms with E-state index in [-0.39, 0.29) is 57.2 Å². The van der Waals surface area contributed by atoms with E-state index in [0.717, 1.165) is 5.56 Å². The fourth-order valence-corrected chi connectivity index (χ4v) is 6.22. The van der Waals surface area contributed by atoms with Gasteiger partial charge in [0.05, 0.1) is 33.7 Å². The van der Waals surface area contributed by atoms with Crippen LogP contribution in [0.2, 0.25) is 10.0 Å². The SMILES string of the molecule is C=CC(=O)N1CCN2c3nc(=O)n(-c4c(C)ccnc4C(C)C)c4nc(-c5c(F)cccc5Cl)c(Cl)c(c34)OC[C@@H]2C1. The molecule has 0 spiro atoms. The lowest BCUT2D eigenvalue weighted by Crippen LogP contribution is -2.56. The third kappa shape index (κ3) is 4.40. The number of hydrogen-bond acceptors (Lipinski definition) is 7. The van der Waals surface area contributed by atoms with Gasteiger partial charge in [0.15, 0.2) is 11.4 Å². The third-order valence-corrected chi connectivity index (χ3v) is 8.35. The summed E-state index contributed by atoms with van der Waals surface area (Å²) in [5.74, 6) is -0.329. The molecule has 1 aromatic carbocycles. The first-order valence-corrected chi connectivity index (χ1v) is 14.2. The summed E-state index contributed by atoms with van der Waals surface area (Å²) in [6.45, 7) is 10.7. The van der Waals surface area contributed by atoms with Gasteiger partial charge in [0.2, 0.25) is 5.91 Å². The highest BCUT2D eigenvalue weighted by Gasteiger charge is 2.37. The van der Waals surface area contributed by atoms with Crippen molar-refractivity contribution in [3.8, 4) is 22.7 Å². The van der Waals surface area contributed by atoms with Gasteiger partial charge in [0.1, 0.15) is 28.7 Å². The maximum absolute atomic E-state index is 15.3. The minimum absolute atomic E-state index is 0.0139. The van der Waals surface area contributed by atoms with Crippen molar-refractivity contribution in [1.29, 1.82) is 0 Å². The van der Waals surface area contributed by atoms with Gasteiger partial charge in [-0.3, -0.25) is 9.78 Å². The van der Waals surface area contributed by atoms with Crippen LogP contribution in [0, 0.1) is 12.7 Å². The molecule has 12 heteroatoms. The molecule has 2 aliphatic rings. The van der Waals surface area contributed by atoms with Crippen LogP contribution < -0.4 is 15.3 Å². The molecule has 1 atom stereocenters. The van der Waals surface area contributed by atoms with E-state index in [1.54, 1.807) is 23.2 Å². The van der Waals surface area contributed by atoms with Gasteiger partial charge < -0.3 is 14.5 Å². The Morgan fingerprint density at radius 3 is 2.71 bits per heavy atom. The number of aromatic nitrogens is 4. The summed E-state index contributed by atoms with van der Waals surface area (Å²) >= 11 is 13.4. The summed E-state index contributed by atoms with van der Waals surface area (Å²) in [4.78, 5) is 44.1. The predicted molar refractivity (Wildman–Crippen MR) is 161 cm³/mol. The monoisotopic (exact) mass is 608 g/mol. The van der Waals surface area contributed by atoms with E-state index >= 15 is 4.39 Å². The number of aryl methyl sites for hydroxylation is 1. The largest absolute Gasteiger partial charge is 0.489 e. The van der Waals surface area contributed by atoms with Gasteiger partial charge in [0, 0.05) is 25.8 Å². The Bertz CT molecular complexity index is 1820. The molecule has 0 unspecified atom stereocenters. The van der Waals surface area contributed by atoms with E-state index in [1.807, 2.05) is 25.7 Å². The fraction of sp³-hybridized carbons (Fsp3) is 0.300. The lowest BCUT2D eigenvalue weighted by atomic mass is 10.0. The van der Waals surface area contributed by atoms with Crippen LogP contribution in [0.15, 0.2) is 47.9 Å². The van der Waals surface area contributed by atoms with Gasteiger partial charge in [0.25, 0.3) is 0 Å². The van der Waals surface area contributed by atoms with Gasteiger partial charge in [-0.05, 0) is 42.7 Å². The highest BCUT2D eigenvalue weighted by Crippen LogP contribution is 2.46. The first-order valence-electron chi connectivity index (χ1n) is 13.5. The Morgan fingerprint density at radius 2 is 2.00 bits per heavy atom. The topological polar surface area (TPSA) is 93.5 Å². The Balaban J connectivity index is 1.71. The Labute approximate surface area is 251 Å². The van der Waals surface area contributed by atoms with Crippen molar-refractivity contribution in [1.82, 2.24) is 24.4 Å². The zero-order valence-electron chi connectivity index (χ0n) is 23.2. The van der Waals surface area contributed by atoms with Crippen molar-refractivity contribution in [2.45, 2.75) is 32.7 Å². The van der Waals surface area contributed by atoms with Gasteiger partial charge in [-0.2, -0.15) is 4.98 Å². The molecule has 42 heavy (non-hydrogen) atoms. The zero-order valence-corrected chi connectivity index (χ0v) is 24.7. The van der Waals surface area contributed by atoms with Crippen LogP contribution in [0.25, 0.3) is 28.0 Å². The van der Waals surface area contributed by atoms with E-state index < -0.39 is 11.5 Å². The number of ether oxygens (including phenoxy) is 1. The van der Waals surface area contributed by atoms with Crippen LogP contribution >= 0.6 is 23.2 Å². The molecule has 3 aromatic heterocycles. The number of pyridine rings is 2. The Hall–Kier alpha value is -4.02. The van der Waals surface area contributed by atoms with Gasteiger partial charge in [-0.25, -0.2) is 18.7 Å². The molecule has 0 radical (unpaired) electrons. The lowest BCUT2D eigenvalue weighted by Gasteiger charge is -2.40. The molecule has 0 bridgehead atoms. The van der Waals surface area contributed by atoms with Crippen molar-refractivity contribution < 1.29 is 13.9 Å². The molecule has 1 fully saturated rings. The van der Waals surface area contributed by atoms with Crippen molar-refractivity contribution in [3.63, 3.8) is 0 Å². The second-order valence-corrected chi connectivity index (χ2v) is 11.4. The second-order valence-electron chi connectivity index (χ2n) is 10.6. The average molecular weight is 609 g/mol. The number of nitrogens with zero attached hydrogens (tertiary/aromatic N) is 6. The molecule has 9 nitrogen and oxygen atoms in total. The number of rotatable bonds is 4. The number of carbonyl (C=O) groups is 1. The van der Waals surface area contributed by atoms with E-state index in [0.29, 0.717) is 42.2 Å². The third-order valence-electron chi connectivity index (χ3n) is 7.69. The number of hydrogen-bond donors (Lipinski definition) is 0. The number of fused-ring (bicyclic) bond motifs is 2. The van der Waals surface area contributed by atoms with Gasteiger partial charge in [-0.15, -0.1) is 0 Å². The van der Waals surface area contributed by atoms with Gasteiger partial charge in [-0.1, -0.05) is 49.7 Å². The van der Waals surface area contributed by atoms with E-state index in [4.69, 9.17) is 32.9 Å². The summed E-state index contributed by atoms with van der Waals surface area (Å²) in [5, 5.41) is 0.539. The van der Waals surface area contributed by atoms with Crippen molar-refractivity contribution >= 4 is 46.0 Å². The Kier molecular flexibility index (Phi) is 7.14. The van der Waals surface area contributed by atoms with Crippen molar-refractivity contribution in [2.75, 3.05) is 31.1 Å². The Morgan fingerprint density at radius 1 is 1.21 bits per heavy atom. The van der Waals surface area contributed by atoms with Crippen LogP contribution in [0.3, 0.4) is 0 Å². The highest BCUT2D eigenvalue weighted by molar-refractivity contribution is 6.38. The normalized spacial score (nSPS) is 16.3. The summed E-state index contributed by atoms with van der Waals surface area (Å²) in [6, 6.07) is 5.75. The van der Waals surface area contributed by atoms with Crippen LogP contribution in [-0.2, 0) is 4.79 Å². The molecular weight excluding hydrogens is 582 g/mol. The quantitative estimate of drug-likeness (QED) is 0.290. The standard InChI is InChI=1S/C30H27Cl2FN6O3/c1-5-20(40)37-11-12-38-17(13-37)14-42-27-22-28(38)36-30(41)39(26-16(4)9-10-34-24(26)15(2)3)29(22)35-25(23(27)32)21-18(31)7-6-8-19(21)33/h5-10,15,17H,1,11-14H2,2-4H3/t17-/m0/s1. The summed E-state index contributed by atoms with van der Waals surface area (Å²) in [5.41, 5.74) is 1.59. The number of halogens is 3. The maximum Gasteiger partial charge on any atom is 0.355 e. The summed E-state index contributed by atoms with van der Waals surface area (Å²) < 4.78 is 23.0. The molecular formula is C30H27Cl2FN6O3. The maximum atomic E-state index is 15.3. The molecule has 1 amide bonds. The minimum Gasteiger partial charge on any atom is -0.489 e. The predicted octanol–water partition coefficient (Wildman–Crippen LogP) is 5.32. The van der Waals surface area contributed by atoms with E-state index in [1.165, 1.54) is 22.8 Å². The van der Waals surface area contributed by atoms with Crippen LogP contribution in [0.5, 0.6) is 5.75 Å². The number of benzene rings is 1. The fourth-order valence-electron chi connectivity index (χ4n) is 5.69. The smallest absolute Gasteiger partial charge is 0.355 e. The van der Waals surface area contributed by atoms with Crippen molar-refractivity contribution in [2.24, 2.45) is 0 Å². The second kappa shape index (κ2) is 10.7. The molecule has 1 saturated heterocycles. The summed E-state index contributed by atoms with van der Waals surface area (Å²) in [7, 11) is 0. The van der Waals surface area contributed by atoms with E-state index in [9.17, 15) is 9.59 Å². The highest BCUT2D eigenvalue weighted by atomic mass is 35.5. The minimum atomic E-state index is -0.628. The zero-order chi connectivity index (χ0) is 29.9.